The van der Waals surface area contributed by atoms with Gasteiger partial charge in [0.15, 0.2) is 0 Å². The summed E-state index contributed by atoms with van der Waals surface area (Å²) in [6.45, 7) is 4.02. The molecule has 0 spiro atoms. The second-order valence-corrected chi connectivity index (χ2v) is 3.84. The van der Waals surface area contributed by atoms with Crippen LogP contribution < -0.4 is 5.32 Å². The van der Waals surface area contributed by atoms with Crippen molar-refractivity contribution >= 4 is 17.5 Å². The van der Waals surface area contributed by atoms with Gasteiger partial charge >= 0.3 is 0 Å². The molecule has 0 saturated heterocycles. The lowest BCUT2D eigenvalue weighted by atomic mass is 10.0. The van der Waals surface area contributed by atoms with Crippen LogP contribution in [0.1, 0.15) is 33.1 Å². The SMILES string of the molecule is CCCC(C)(O)CNC(=O)CCCl. The summed E-state index contributed by atoms with van der Waals surface area (Å²) in [5, 5.41) is 12.3. The average molecular weight is 208 g/mol. The minimum absolute atomic E-state index is 0.105. The van der Waals surface area contributed by atoms with Gasteiger partial charge in [-0.3, -0.25) is 4.79 Å². The lowest BCUT2D eigenvalue weighted by Gasteiger charge is -2.22. The first-order valence-corrected chi connectivity index (χ1v) is 5.10. The van der Waals surface area contributed by atoms with Gasteiger partial charge < -0.3 is 10.4 Å². The van der Waals surface area contributed by atoms with E-state index in [9.17, 15) is 9.90 Å². The second-order valence-electron chi connectivity index (χ2n) is 3.46. The number of carbonyl (C=O) groups excluding carboxylic acids is 1. The van der Waals surface area contributed by atoms with Crippen molar-refractivity contribution in [1.82, 2.24) is 5.32 Å². The maximum Gasteiger partial charge on any atom is 0.221 e. The highest BCUT2D eigenvalue weighted by Gasteiger charge is 2.19. The van der Waals surface area contributed by atoms with Crippen molar-refractivity contribution in [2.24, 2.45) is 0 Å². The molecule has 1 atom stereocenters. The standard InChI is InChI=1S/C9H18ClNO2/c1-3-5-9(2,13)7-11-8(12)4-6-10/h13H,3-7H2,1-2H3,(H,11,12). The molecule has 0 aliphatic rings. The van der Waals surface area contributed by atoms with Gasteiger partial charge in [0.25, 0.3) is 0 Å². The van der Waals surface area contributed by atoms with Crippen molar-refractivity contribution in [1.29, 1.82) is 0 Å². The molecule has 0 aliphatic carbocycles. The Morgan fingerprint density at radius 1 is 1.62 bits per heavy atom. The summed E-state index contributed by atoms with van der Waals surface area (Å²) in [7, 11) is 0. The third-order valence-corrected chi connectivity index (χ3v) is 1.97. The van der Waals surface area contributed by atoms with E-state index in [0.717, 1.165) is 6.42 Å². The molecule has 0 radical (unpaired) electrons. The molecule has 0 aromatic heterocycles. The molecule has 0 fully saturated rings. The Balaban J connectivity index is 3.67. The average Bonchev–Trinajstić information content (AvgIpc) is 2.02. The molecule has 0 aromatic rings. The quantitative estimate of drug-likeness (QED) is 0.645. The summed E-state index contributed by atoms with van der Waals surface area (Å²) >= 11 is 5.38. The summed E-state index contributed by atoms with van der Waals surface area (Å²) in [5.41, 5.74) is -0.795. The summed E-state index contributed by atoms with van der Waals surface area (Å²) in [6, 6.07) is 0. The summed E-state index contributed by atoms with van der Waals surface area (Å²) in [6.07, 6.45) is 1.90. The maximum atomic E-state index is 11.0. The molecular formula is C9H18ClNO2. The molecule has 4 heteroatoms. The molecule has 13 heavy (non-hydrogen) atoms. The minimum Gasteiger partial charge on any atom is -0.388 e. The molecule has 1 amide bonds. The van der Waals surface area contributed by atoms with Crippen molar-refractivity contribution in [3.63, 3.8) is 0 Å². The van der Waals surface area contributed by atoms with Crippen molar-refractivity contribution in [2.45, 2.75) is 38.7 Å². The number of rotatable bonds is 6. The molecule has 2 N–H and O–H groups in total. The fourth-order valence-electron chi connectivity index (χ4n) is 1.09. The lowest BCUT2D eigenvalue weighted by molar-refractivity contribution is -0.121. The van der Waals surface area contributed by atoms with E-state index in [1.807, 2.05) is 6.92 Å². The van der Waals surface area contributed by atoms with Gasteiger partial charge in [-0.1, -0.05) is 13.3 Å². The van der Waals surface area contributed by atoms with Crippen molar-refractivity contribution in [3.05, 3.63) is 0 Å². The van der Waals surface area contributed by atoms with Gasteiger partial charge in [-0.15, -0.1) is 11.6 Å². The van der Waals surface area contributed by atoms with Crippen LogP contribution >= 0.6 is 11.6 Å². The van der Waals surface area contributed by atoms with Crippen LogP contribution in [0, 0.1) is 0 Å². The van der Waals surface area contributed by atoms with E-state index in [-0.39, 0.29) is 5.91 Å². The maximum absolute atomic E-state index is 11.0. The van der Waals surface area contributed by atoms with Crippen LogP contribution in [0.15, 0.2) is 0 Å². The highest BCUT2D eigenvalue weighted by molar-refractivity contribution is 6.18. The van der Waals surface area contributed by atoms with Crippen LogP contribution in [-0.2, 0) is 4.79 Å². The highest BCUT2D eigenvalue weighted by atomic mass is 35.5. The smallest absolute Gasteiger partial charge is 0.221 e. The van der Waals surface area contributed by atoms with E-state index in [1.165, 1.54) is 0 Å². The van der Waals surface area contributed by atoms with Crippen LogP contribution in [0.5, 0.6) is 0 Å². The molecule has 3 nitrogen and oxygen atoms in total. The van der Waals surface area contributed by atoms with E-state index in [2.05, 4.69) is 5.32 Å². The number of nitrogens with one attached hydrogen (secondary N) is 1. The summed E-state index contributed by atoms with van der Waals surface area (Å²) < 4.78 is 0. The predicted molar refractivity (Wildman–Crippen MR) is 53.9 cm³/mol. The number of alkyl halides is 1. The van der Waals surface area contributed by atoms with E-state index in [1.54, 1.807) is 6.92 Å². The van der Waals surface area contributed by atoms with Crippen LogP contribution in [0.2, 0.25) is 0 Å². The number of amides is 1. The molecular weight excluding hydrogens is 190 g/mol. The number of hydrogen-bond donors (Lipinski definition) is 2. The highest BCUT2D eigenvalue weighted by Crippen LogP contribution is 2.09. The Bertz CT molecular complexity index is 160. The molecule has 78 valence electrons. The molecule has 0 bridgehead atoms. The van der Waals surface area contributed by atoms with Crippen LogP contribution in [-0.4, -0.2) is 29.0 Å². The largest absolute Gasteiger partial charge is 0.388 e. The second kappa shape index (κ2) is 6.22. The molecule has 0 saturated carbocycles. The summed E-state index contributed by atoms with van der Waals surface area (Å²) in [4.78, 5) is 11.0. The first-order chi connectivity index (χ1) is 6.02. The number of hydrogen-bond acceptors (Lipinski definition) is 2. The molecule has 1 unspecified atom stereocenters. The fourth-order valence-corrected chi connectivity index (χ4v) is 1.26. The fraction of sp³-hybridized carbons (Fsp3) is 0.889. The first-order valence-electron chi connectivity index (χ1n) is 4.57. The van der Waals surface area contributed by atoms with Crippen LogP contribution in [0.3, 0.4) is 0 Å². The van der Waals surface area contributed by atoms with Crippen molar-refractivity contribution < 1.29 is 9.90 Å². The predicted octanol–water partition coefficient (Wildman–Crippen LogP) is 1.28. The number of carbonyl (C=O) groups is 1. The Hall–Kier alpha value is -0.280. The van der Waals surface area contributed by atoms with Crippen LogP contribution in [0.4, 0.5) is 0 Å². The normalized spacial score (nSPS) is 15.1. The van der Waals surface area contributed by atoms with Crippen molar-refractivity contribution in [2.75, 3.05) is 12.4 Å². The zero-order chi connectivity index (χ0) is 10.3. The molecule has 0 aliphatic heterocycles. The van der Waals surface area contributed by atoms with E-state index >= 15 is 0 Å². The minimum atomic E-state index is -0.795. The zero-order valence-corrected chi connectivity index (χ0v) is 9.02. The van der Waals surface area contributed by atoms with Gasteiger partial charge in [-0.25, -0.2) is 0 Å². The monoisotopic (exact) mass is 207 g/mol. The van der Waals surface area contributed by atoms with Gasteiger partial charge in [0.1, 0.15) is 0 Å². The van der Waals surface area contributed by atoms with E-state index in [0.29, 0.717) is 25.3 Å². The Morgan fingerprint density at radius 2 is 2.23 bits per heavy atom. The topological polar surface area (TPSA) is 49.3 Å². The Kier molecular flexibility index (Phi) is 6.08. The Morgan fingerprint density at radius 3 is 2.69 bits per heavy atom. The third kappa shape index (κ3) is 6.84. The van der Waals surface area contributed by atoms with Crippen LogP contribution in [0.25, 0.3) is 0 Å². The number of aliphatic hydroxyl groups is 1. The summed E-state index contributed by atoms with van der Waals surface area (Å²) in [5.74, 6) is 0.216. The number of halogens is 1. The van der Waals surface area contributed by atoms with E-state index < -0.39 is 5.60 Å². The van der Waals surface area contributed by atoms with Gasteiger partial charge in [0.2, 0.25) is 5.91 Å². The molecule has 0 aromatic carbocycles. The molecule has 0 rings (SSSR count). The van der Waals surface area contributed by atoms with E-state index in [4.69, 9.17) is 11.6 Å². The van der Waals surface area contributed by atoms with Gasteiger partial charge in [0, 0.05) is 18.8 Å². The third-order valence-electron chi connectivity index (χ3n) is 1.78. The molecule has 0 heterocycles. The first kappa shape index (κ1) is 12.7. The van der Waals surface area contributed by atoms with Crippen molar-refractivity contribution in [3.8, 4) is 0 Å². The zero-order valence-electron chi connectivity index (χ0n) is 8.27. The lowest BCUT2D eigenvalue weighted by Crippen LogP contribution is -2.40. The van der Waals surface area contributed by atoms with Gasteiger partial charge in [0.05, 0.1) is 5.60 Å². The van der Waals surface area contributed by atoms with Gasteiger partial charge in [-0.2, -0.15) is 0 Å². The Labute approximate surface area is 84.5 Å². The van der Waals surface area contributed by atoms with Gasteiger partial charge in [-0.05, 0) is 13.3 Å².